The number of ether oxygens (including phenoxy) is 2. The molecule has 1 unspecified atom stereocenters. The van der Waals surface area contributed by atoms with E-state index in [0.29, 0.717) is 25.9 Å². The number of nitrogens with zero attached hydrogens (tertiary/aromatic N) is 1. The number of carbonyl (C=O) groups is 2. The number of rotatable bonds is 5. The molecule has 0 bridgehead atoms. The number of carbonyl (C=O) groups excluding carboxylic acids is 2. The number of amides is 2. The zero-order chi connectivity index (χ0) is 18.4. The zero-order valence-electron chi connectivity index (χ0n) is 15.5. The molecule has 2 amide bonds. The van der Waals surface area contributed by atoms with Crippen LogP contribution in [0.25, 0.3) is 0 Å². The van der Waals surface area contributed by atoms with Crippen LogP contribution in [0.4, 0.5) is 4.79 Å². The third kappa shape index (κ3) is 6.29. The summed E-state index contributed by atoms with van der Waals surface area (Å²) in [6.07, 6.45) is 1.51. The molecule has 2 rings (SSSR count). The Bertz CT molecular complexity index is 610. The van der Waals surface area contributed by atoms with Crippen molar-refractivity contribution < 1.29 is 19.1 Å². The number of nitrogens with one attached hydrogen (secondary N) is 1. The highest BCUT2D eigenvalue weighted by molar-refractivity contribution is 5.77. The van der Waals surface area contributed by atoms with Crippen LogP contribution in [0.2, 0.25) is 0 Å². The Hall–Kier alpha value is -2.24. The van der Waals surface area contributed by atoms with Gasteiger partial charge in [-0.3, -0.25) is 4.79 Å². The molecular formula is C19H28N2O4. The van der Waals surface area contributed by atoms with Crippen molar-refractivity contribution >= 4 is 12.0 Å². The van der Waals surface area contributed by atoms with Gasteiger partial charge in [0.1, 0.15) is 11.4 Å². The molecule has 0 spiro atoms. The molecule has 0 aromatic heterocycles. The summed E-state index contributed by atoms with van der Waals surface area (Å²) in [5.74, 6) is 0.792. The smallest absolute Gasteiger partial charge is 0.410 e. The maximum Gasteiger partial charge on any atom is 0.410 e. The molecule has 6 heteroatoms. The van der Waals surface area contributed by atoms with Crippen LogP contribution in [-0.2, 0) is 16.0 Å². The Morgan fingerprint density at radius 2 is 2.08 bits per heavy atom. The van der Waals surface area contributed by atoms with Crippen molar-refractivity contribution in [3.05, 3.63) is 29.8 Å². The van der Waals surface area contributed by atoms with E-state index in [1.54, 1.807) is 12.0 Å². The Morgan fingerprint density at radius 1 is 1.32 bits per heavy atom. The first-order valence-corrected chi connectivity index (χ1v) is 8.67. The summed E-state index contributed by atoms with van der Waals surface area (Å²) < 4.78 is 10.6. The molecule has 6 nitrogen and oxygen atoms in total. The fourth-order valence-corrected chi connectivity index (χ4v) is 2.76. The van der Waals surface area contributed by atoms with Crippen molar-refractivity contribution in [2.45, 2.75) is 51.7 Å². The lowest BCUT2D eigenvalue weighted by Gasteiger charge is -2.24. The zero-order valence-corrected chi connectivity index (χ0v) is 15.5. The molecule has 138 valence electrons. The van der Waals surface area contributed by atoms with Gasteiger partial charge in [-0.2, -0.15) is 0 Å². The van der Waals surface area contributed by atoms with E-state index in [0.717, 1.165) is 17.7 Å². The Labute approximate surface area is 149 Å². The van der Waals surface area contributed by atoms with E-state index in [1.165, 1.54) is 0 Å². The molecular weight excluding hydrogens is 320 g/mol. The van der Waals surface area contributed by atoms with E-state index in [1.807, 2.05) is 45.0 Å². The Kier molecular flexibility index (Phi) is 6.28. The average Bonchev–Trinajstić information content (AvgIpc) is 3.00. The van der Waals surface area contributed by atoms with Gasteiger partial charge in [0.15, 0.2) is 0 Å². The Morgan fingerprint density at radius 3 is 2.76 bits per heavy atom. The highest BCUT2D eigenvalue weighted by Gasteiger charge is 2.30. The monoisotopic (exact) mass is 348 g/mol. The first-order valence-electron chi connectivity index (χ1n) is 8.67. The molecule has 1 aromatic rings. The number of hydrogen-bond acceptors (Lipinski definition) is 4. The number of aryl methyl sites for hydroxylation is 1. The van der Waals surface area contributed by atoms with E-state index in [9.17, 15) is 9.59 Å². The summed E-state index contributed by atoms with van der Waals surface area (Å²) in [6, 6.07) is 7.71. The normalized spacial score (nSPS) is 17.3. The molecule has 1 atom stereocenters. The number of likely N-dealkylation sites (tertiary alicyclic amines) is 1. The van der Waals surface area contributed by atoms with Gasteiger partial charge in [-0.05, 0) is 51.3 Å². The molecule has 1 aromatic carbocycles. The topological polar surface area (TPSA) is 67.9 Å². The minimum Gasteiger partial charge on any atom is -0.497 e. The molecule has 0 aliphatic carbocycles. The molecule has 0 saturated carbocycles. The Balaban J connectivity index is 1.75. The van der Waals surface area contributed by atoms with E-state index >= 15 is 0 Å². The van der Waals surface area contributed by atoms with Crippen LogP contribution in [0.5, 0.6) is 5.75 Å². The third-order valence-corrected chi connectivity index (χ3v) is 3.98. The number of methoxy groups -OCH3 is 1. The van der Waals surface area contributed by atoms with Gasteiger partial charge >= 0.3 is 6.09 Å². The van der Waals surface area contributed by atoms with Gasteiger partial charge in [0, 0.05) is 25.6 Å². The number of benzene rings is 1. The van der Waals surface area contributed by atoms with Crippen LogP contribution in [0.15, 0.2) is 24.3 Å². The van der Waals surface area contributed by atoms with E-state index < -0.39 is 5.60 Å². The van der Waals surface area contributed by atoms with E-state index in [4.69, 9.17) is 9.47 Å². The standard InChI is InChI=1S/C19H28N2O4/c1-19(2,3)25-18(23)21-11-10-15(13-21)20-17(22)9-8-14-6-5-7-16(12-14)24-4/h5-7,12,15H,8-11,13H2,1-4H3,(H,20,22). The second-order valence-corrected chi connectivity index (χ2v) is 7.33. The molecule has 1 aliphatic heterocycles. The molecule has 1 N–H and O–H groups in total. The number of hydrogen-bond donors (Lipinski definition) is 1. The third-order valence-electron chi connectivity index (χ3n) is 3.98. The largest absolute Gasteiger partial charge is 0.497 e. The summed E-state index contributed by atoms with van der Waals surface area (Å²) >= 11 is 0. The molecule has 1 saturated heterocycles. The minimum atomic E-state index is -0.505. The van der Waals surface area contributed by atoms with Crippen molar-refractivity contribution in [2.75, 3.05) is 20.2 Å². The molecule has 0 radical (unpaired) electrons. The summed E-state index contributed by atoms with van der Waals surface area (Å²) in [7, 11) is 1.63. The van der Waals surface area contributed by atoms with E-state index in [2.05, 4.69) is 5.32 Å². The fourth-order valence-electron chi connectivity index (χ4n) is 2.76. The van der Waals surface area contributed by atoms with Crippen LogP contribution in [-0.4, -0.2) is 48.7 Å². The van der Waals surface area contributed by atoms with Gasteiger partial charge in [-0.1, -0.05) is 12.1 Å². The summed E-state index contributed by atoms with van der Waals surface area (Å²) in [6.45, 7) is 6.64. The molecule has 25 heavy (non-hydrogen) atoms. The lowest BCUT2D eigenvalue weighted by Crippen LogP contribution is -2.40. The molecule has 1 heterocycles. The maximum atomic E-state index is 12.2. The van der Waals surface area contributed by atoms with Gasteiger partial charge in [0.25, 0.3) is 0 Å². The van der Waals surface area contributed by atoms with Gasteiger partial charge in [-0.25, -0.2) is 4.79 Å². The minimum absolute atomic E-state index is 0.00106. The van der Waals surface area contributed by atoms with Gasteiger partial charge < -0.3 is 19.7 Å². The maximum absolute atomic E-state index is 12.2. The van der Waals surface area contributed by atoms with Gasteiger partial charge in [0.05, 0.1) is 7.11 Å². The van der Waals surface area contributed by atoms with Crippen LogP contribution >= 0.6 is 0 Å². The van der Waals surface area contributed by atoms with Crippen molar-refractivity contribution in [3.8, 4) is 5.75 Å². The summed E-state index contributed by atoms with van der Waals surface area (Å²) in [5, 5.41) is 3.01. The molecule has 1 fully saturated rings. The van der Waals surface area contributed by atoms with Crippen LogP contribution in [0, 0.1) is 0 Å². The second-order valence-electron chi connectivity index (χ2n) is 7.33. The fraction of sp³-hybridized carbons (Fsp3) is 0.579. The predicted molar refractivity (Wildman–Crippen MR) is 95.7 cm³/mol. The van der Waals surface area contributed by atoms with Crippen molar-refractivity contribution in [2.24, 2.45) is 0 Å². The highest BCUT2D eigenvalue weighted by Crippen LogP contribution is 2.16. The van der Waals surface area contributed by atoms with E-state index in [-0.39, 0.29) is 18.0 Å². The lowest BCUT2D eigenvalue weighted by atomic mass is 10.1. The SMILES string of the molecule is COc1cccc(CCC(=O)NC2CCN(C(=O)OC(C)(C)C)C2)c1. The first kappa shape index (κ1) is 19.1. The van der Waals surface area contributed by atoms with Gasteiger partial charge in [0.2, 0.25) is 5.91 Å². The average molecular weight is 348 g/mol. The first-order chi connectivity index (χ1) is 11.8. The van der Waals surface area contributed by atoms with Crippen molar-refractivity contribution in [1.82, 2.24) is 10.2 Å². The van der Waals surface area contributed by atoms with Crippen molar-refractivity contribution in [3.63, 3.8) is 0 Å². The van der Waals surface area contributed by atoms with Crippen LogP contribution < -0.4 is 10.1 Å². The van der Waals surface area contributed by atoms with Crippen LogP contribution in [0.3, 0.4) is 0 Å². The lowest BCUT2D eigenvalue weighted by molar-refractivity contribution is -0.121. The molecule has 1 aliphatic rings. The summed E-state index contributed by atoms with van der Waals surface area (Å²) in [5.41, 5.74) is 0.561. The second kappa shape index (κ2) is 8.23. The van der Waals surface area contributed by atoms with Crippen LogP contribution in [0.1, 0.15) is 39.2 Å². The predicted octanol–water partition coefficient (Wildman–Crippen LogP) is 2.75. The highest BCUT2D eigenvalue weighted by atomic mass is 16.6. The summed E-state index contributed by atoms with van der Waals surface area (Å²) in [4.78, 5) is 25.8. The quantitative estimate of drug-likeness (QED) is 0.888. The van der Waals surface area contributed by atoms with Crippen molar-refractivity contribution in [1.29, 1.82) is 0 Å². The van der Waals surface area contributed by atoms with Gasteiger partial charge in [-0.15, -0.1) is 0 Å².